The van der Waals surface area contributed by atoms with Gasteiger partial charge in [0.25, 0.3) is 0 Å². The first kappa shape index (κ1) is 12.5. The van der Waals surface area contributed by atoms with Gasteiger partial charge in [0.05, 0.1) is 19.0 Å². The number of halogens is 1. The number of methoxy groups -OCH3 is 1. The van der Waals surface area contributed by atoms with Gasteiger partial charge in [0, 0.05) is 4.47 Å². The highest BCUT2D eigenvalue weighted by Crippen LogP contribution is 2.22. The molecule has 18 heavy (non-hydrogen) atoms. The van der Waals surface area contributed by atoms with Gasteiger partial charge in [-0.25, -0.2) is 9.48 Å². The van der Waals surface area contributed by atoms with Crippen LogP contribution in [-0.2, 0) is 4.74 Å². The van der Waals surface area contributed by atoms with Gasteiger partial charge < -0.3 is 4.74 Å². The van der Waals surface area contributed by atoms with Crippen LogP contribution < -0.4 is 0 Å². The molecule has 0 aliphatic heterocycles. The Hall–Kier alpha value is -1.95. The molecule has 1 aromatic heterocycles. The van der Waals surface area contributed by atoms with E-state index in [2.05, 4.69) is 25.8 Å². The van der Waals surface area contributed by atoms with E-state index in [1.165, 1.54) is 18.0 Å². The Morgan fingerprint density at radius 2 is 2.17 bits per heavy atom. The maximum Gasteiger partial charge on any atom is 0.341 e. The van der Waals surface area contributed by atoms with Crippen LogP contribution >= 0.6 is 15.9 Å². The average molecular weight is 309 g/mol. The molecule has 92 valence electrons. The Morgan fingerprint density at radius 1 is 1.44 bits per heavy atom. The Labute approximate surface area is 111 Å². The minimum Gasteiger partial charge on any atom is -0.465 e. The van der Waals surface area contributed by atoms with Crippen molar-refractivity contribution in [2.24, 2.45) is 0 Å². The molecule has 2 rings (SSSR count). The molecular formula is C12H9BrN2O3. The summed E-state index contributed by atoms with van der Waals surface area (Å²) in [6.07, 6.45) is 1.90. The minimum atomic E-state index is -0.588. The quantitative estimate of drug-likeness (QED) is 0.644. The number of aromatic nitrogens is 2. The molecule has 0 aliphatic rings. The van der Waals surface area contributed by atoms with E-state index in [1.54, 1.807) is 6.07 Å². The summed E-state index contributed by atoms with van der Waals surface area (Å²) in [7, 11) is 1.26. The van der Waals surface area contributed by atoms with Gasteiger partial charge in [-0.1, -0.05) is 12.1 Å². The molecule has 0 fully saturated rings. The highest BCUT2D eigenvalue weighted by molar-refractivity contribution is 9.10. The van der Waals surface area contributed by atoms with Crippen molar-refractivity contribution >= 4 is 28.2 Å². The second-order valence-electron chi connectivity index (χ2n) is 3.42. The van der Waals surface area contributed by atoms with E-state index >= 15 is 0 Å². The molecular weight excluding hydrogens is 300 g/mol. The maximum atomic E-state index is 11.5. The third-order valence-electron chi connectivity index (χ3n) is 2.40. The van der Waals surface area contributed by atoms with Gasteiger partial charge in [-0.2, -0.15) is 5.10 Å². The van der Waals surface area contributed by atoms with E-state index in [0.717, 1.165) is 4.47 Å². The highest BCUT2D eigenvalue weighted by atomic mass is 79.9. The first-order chi connectivity index (χ1) is 8.69. The lowest BCUT2D eigenvalue weighted by Crippen LogP contribution is -2.07. The van der Waals surface area contributed by atoms with Crippen LogP contribution in [0, 0.1) is 0 Å². The molecule has 0 aliphatic carbocycles. The molecule has 5 nitrogen and oxygen atoms in total. The predicted octanol–water partition coefficient (Wildman–Crippen LogP) is 2.23. The van der Waals surface area contributed by atoms with Crippen LogP contribution in [0.5, 0.6) is 0 Å². The fraction of sp³-hybridized carbons (Fsp3) is 0.0833. The molecule has 0 saturated carbocycles. The number of hydrogen-bond acceptors (Lipinski definition) is 4. The minimum absolute atomic E-state index is 0.142. The Kier molecular flexibility index (Phi) is 3.57. The summed E-state index contributed by atoms with van der Waals surface area (Å²) in [6, 6.07) is 7.27. The molecule has 2 aromatic rings. The molecule has 1 heterocycles. The van der Waals surface area contributed by atoms with Gasteiger partial charge in [-0.3, -0.25) is 4.79 Å². The third-order valence-corrected chi connectivity index (χ3v) is 3.07. The summed E-state index contributed by atoms with van der Waals surface area (Å²) in [4.78, 5) is 22.6. The number of hydrogen-bond donors (Lipinski definition) is 0. The van der Waals surface area contributed by atoms with Crippen LogP contribution in [0.25, 0.3) is 5.69 Å². The smallest absolute Gasteiger partial charge is 0.341 e. The molecule has 0 spiro atoms. The molecule has 0 saturated heterocycles. The van der Waals surface area contributed by atoms with Gasteiger partial charge in [0.2, 0.25) is 0 Å². The summed E-state index contributed by atoms with van der Waals surface area (Å²) >= 11 is 3.37. The van der Waals surface area contributed by atoms with E-state index < -0.39 is 5.97 Å². The molecule has 6 heteroatoms. The first-order valence-electron chi connectivity index (χ1n) is 5.05. The van der Waals surface area contributed by atoms with Crippen LogP contribution in [0.2, 0.25) is 0 Å². The van der Waals surface area contributed by atoms with E-state index in [9.17, 15) is 9.59 Å². The second kappa shape index (κ2) is 5.14. The summed E-state index contributed by atoms with van der Waals surface area (Å²) in [5, 5.41) is 4.04. The third kappa shape index (κ3) is 2.06. The molecule has 0 atom stereocenters. The van der Waals surface area contributed by atoms with Gasteiger partial charge in [-0.15, -0.1) is 0 Å². The van der Waals surface area contributed by atoms with E-state index in [-0.39, 0.29) is 11.3 Å². The van der Waals surface area contributed by atoms with E-state index in [1.807, 2.05) is 18.2 Å². The van der Waals surface area contributed by atoms with Gasteiger partial charge in [-0.05, 0) is 28.1 Å². The van der Waals surface area contributed by atoms with Gasteiger partial charge >= 0.3 is 5.97 Å². The number of para-hydroxylation sites is 1. The summed E-state index contributed by atoms with van der Waals surface area (Å²) in [5.41, 5.74) is 0.978. The fourth-order valence-corrected chi connectivity index (χ4v) is 2.01. The summed E-state index contributed by atoms with van der Waals surface area (Å²) in [5.74, 6) is -0.588. The number of benzene rings is 1. The van der Waals surface area contributed by atoms with Crippen LogP contribution in [-0.4, -0.2) is 29.1 Å². The molecule has 0 unspecified atom stereocenters. The van der Waals surface area contributed by atoms with Crippen LogP contribution in [0.1, 0.15) is 20.8 Å². The molecule has 0 bridgehead atoms. The molecule has 0 amide bonds. The topological polar surface area (TPSA) is 61.2 Å². The van der Waals surface area contributed by atoms with Crippen LogP contribution in [0.15, 0.2) is 34.9 Å². The van der Waals surface area contributed by atoms with E-state index in [0.29, 0.717) is 12.0 Å². The van der Waals surface area contributed by atoms with Crippen LogP contribution in [0.4, 0.5) is 0 Å². The van der Waals surface area contributed by atoms with Crippen molar-refractivity contribution in [1.29, 1.82) is 0 Å². The lowest BCUT2D eigenvalue weighted by molar-refractivity contribution is 0.0598. The van der Waals surface area contributed by atoms with Gasteiger partial charge in [0.15, 0.2) is 6.29 Å². The van der Waals surface area contributed by atoms with Crippen molar-refractivity contribution in [2.75, 3.05) is 7.11 Å². The molecule has 1 aromatic carbocycles. The zero-order chi connectivity index (χ0) is 13.1. The number of nitrogens with zero attached hydrogens (tertiary/aromatic N) is 2. The number of carbonyl (C=O) groups is 2. The lowest BCUT2D eigenvalue weighted by atomic mass is 10.2. The van der Waals surface area contributed by atoms with Crippen molar-refractivity contribution in [1.82, 2.24) is 9.78 Å². The van der Waals surface area contributed by atoms with Gasteiger partial charge in [0.1, 0.15) is 11.3 Å². The standard InChI is InChI=1S/C12H9BrN2O3/c1-18-12(17)8-6-14-15(11(8)7-16)10-5-3-2-4-9(10)13/h2-7H,1H3. The SMILES string of the molecule is COC(=O)c1cnn(-c2ccccc2Br)c1C=O. The number of ether oxygens (including phenoxy) is 1. The number of rotatable bonds is 3. The molecule has 0 radical (unpaired) electrons. The highest BCUT2D eigenvalue weighted by Gasteiger charge is 2.19. The largest absolute Gasteiger partial charge is 0.465 e. The number of carbonyl (C=O) groups excluding carboxylic acids is 2. The Balaban J connectivity index is 2.60. The van der Waals surface area contributed by atoms with E-state index in [4.69, 9.17) is 0 Å². The van der Waals surface area contributed by atoms with Crippen LogP contribution in [0.3, 0.4) is 0 Å². The first-order valence-corrected chi connectivity index (χ1v) is 5.84. The predicted molar refractivity (Wildman–Crippen MR) is 68.0 cm³/mol. The zero-order valence-electron chi connectivity index (χ0n) is 9.46. The van der Waals surface area contributed by atoms with Crippen molar-refractivity contribution in [3.05, 3.63) is 46.2 Å². The monoisotopic (exact) mass is 308 g/mol. The Morgan fingerprint density at radius 3 is 2.78 bits per heavy atom. The maximum absolute atomic E-state index is 11.5. The molecule has 0 N–H and O–H groups in total. The number of aldehydes is 1. The average Bonchev–Trinajstić information content (AvgIpc) is 2.81. The summed E-state index contributed by atoms with van der Waals surface area (Å²) in [6.45, 7) is 0. The zero-order valence-corrected chi connectivity index (χ0v) is 11.0. The Bertz CT molecular complexity index is 607. The normalized spacial score (nSPS) is 10.1. The van der Waals surface area contributed by atoms with Crippen molar-refractivity contribution in [2.45, 2.75) is 0 Å². The van der Waals surface area contributed by atoms with Crippen molar-refractivity contribution in [3.63, 3.8) is 0 Å². The van der Waals surface area contributed by atoms with Crippen molar-refractivity contribution in [3.8, 4) is 5.69 Å². The summed E-state index contributed by atoms with van der Waals surface area (Å²) < 4.78 is 6.76. The fourth-order valence-electron chi connectivity index (χ4n) is 1.55. The van der Waals surface area contributed by atoms with Crippen molar-refractivity contribution < 1.29 is 14.3 Å². The lowest BCUT2D eigenvalue weighted by Gasteiger charge is -2.06. The number of esters is 1. The second-order valence-corrected chi connectivity index (χ2v) is 4.27.